The van der Waals surface area contributed by atoms with Crippen LogP contribution in [0.3, 0.4) is 0 Å². The van der Waals surface area contributed by atoms with E-state index in [1.54, 1.807) is 0 Å². The summed E-state index contributed by atoms with van der Waals surface area (Å²) in [7, 11) is 0. The van der Waals surface area contributed by atoms with Crippen LogP contribution in [-0.4, -0.2) is 26.2 Å². The minimum absolute atomic E-state index is 0.0397. The molecule has 2 aromatic carbocycles. The van der Waals surface area contributed by atoms with Gasteiger partial charge in [-0.1, -0.05) is 23.3 Å². The highest BCUT2D eigenvalue weighted by Crippen LogP contribution is 2.46. The Bertz CT molecular complexity index is 1060. The van der Waals surface area contributed by atoms with Gasteiger partial charge in [-0.25, -0.2) is 0 Å². The van der Waals surface area contributed by atoms with Crippen LogP contribution in [0.4, 0.5) is 0 Å². The van der Waals surface area contributed by atoms with Crippen LogP contribution in [0.25, 0.3) is 0 Å². The van der Waals surface area contributed by atoms with Crippen molar-refractivity contribution in [1.29, 1.82) is 0 Å². The summed E-state index contributed by atoms with van der Waals surface area (Å²) >= 11 is 0. The van der Waals surface area contributed by atoms with E-state index in [0.29, 0.717) is 17.5 Å². The summed E-state index contributed by atoms with van der Waals surface area (Å²) in [5.74, 6) is -1.01. The van der Waals surface area contributed by atoms with Gasteiger partial charge in [0.15, 0.2) is 5.78 Å². The summed E-state index contributed by atoms with van der Waals surface area (Å²) in [6.07, 6.45) is 5.37. The lowest BCUT2D eigenvalue weighted by Crippen LogP contribution is -2.21. The summed E-state index contributed by atoms with van der Waals surface area (Å²) in [4.78, 5) is 12.8. The van der Waals surface area contributed by atoms with Gasteiger partial charge in [0.25, 0.3) is 0 Å². The number of Topliss-reactive ketones (excluding diaryl/α,β-unsaturated/α-hetero) is 1. The number of hydrogen-bond acceptors (Lipinski definition) is 6. The number of aromatic hydroxyl groups is 4. The first-order valence-corrected chi connectivity index (χ1v) is 10.3. The van der Waals surface area contributed by atoms with Crippen molar-refractivity contribution < 1.29 is 30.0 Å². The Balaban J connectivity index is 1.94. The molecule has 1 atom stereocenters. The summed E-state index contributed by atoms with van der Waals surface area (Å²) in [5.41, 5.74) is 3.18. The topological polar surface area (TPSA) is 107 Å². The third-order valence-electron chi connectivity index (χ3n) is 5.36. The highest BCUT2D eigenvalue weighted by molar-refractivity contribution is 6.03. The maximum atomic E-state index is 12.8. The van der Waals surface area contributed by atoms with Crippen molar-refractivity contribution in [1.82, 2.24) is 0 Å². The molecule has 1 unspecified atom stereocenters. The smallest absolute Gasteiger partial charge is 0.174 e. The molecule has 2 aromatic rings. The van der Waals surface area contributed by atoms with Gasteiger partial charge in [0.1, 0.15) is 40.4 Å². The SMILES string of the molecule is CC(C)=CCC/C(C)=C/Cc1c(O)cc(O)c2c1OC(c1ccc(O)cc1O)CC2=O. The van der Waals surface area contributed by atoms with Crippen LogP contribution in [0.1, 0.15) is 67.6 Å². The van der Waals surface area contributed by atoms with Crippen LogP contribution >= 0.6 is 0 Å². The number of carbonyl (C=O) groups excluding carboxylic acids is 1. The molecule has 3 rings (SSSR count). The molecule has 0 saturated heterocycles. The number of fused-ring (bicyclic) bond motifs is 1. The maximum Gasteiger partial charge on any atom is 0.174 e. The first-order valence-electron chi connectivity index (χ1n) is 10.3. The van der Waals surface area contributed by atoms with Crippen molar-refractivity contribution in [3.63, 3.8) is 0 Å². The molecule has 1 aliphatic rings. The Hall–Kier alpha value is -3.41. The van der Waals surface area contributed by atoms with E-state index in [9.17, 15) is 25.2 Å². The van der Waals surface area contributed by atoms with E-state index in [-0.39, 0.29) is 46.5 Å². The minimum atomic E-state index is -0.803. The van der Waals surface area contributed by atoms with E-state index in [1.165, 1.54) is 29.8 Å². The fourth-order valence-electron chi connectivity index (χ4n) is 3.67. The third-order valence-corrected chi connectivity index (χ3v) is 5.36. The largest absolute Gasteiger partial charge is 0.508 e. The van der Waals surface area contributed by atoms with Crippen LogP contribution in [-0.2, 0) is 6.42 Å². The Kier molecular flexibility index (Phi) is 6.59. The Morgan fingerprint density at radius 2 is 1.77 bits per heavy atom. The number of phenols is 4. The summed E-state index contributed by atoms with van der Waals surface area (Å²) in [5, 5.41) is 40.5. The van der Waals surface area contributed by atoms with Gasteiger partial charge in [-0.3, -0.25) is 4.79 Å². The van der Waals surface area contributed by atoms with Gasteiger partial charge in [0.2, 0.25) is 0 Å². The number of hydrogen-bond donors (Lipinski definition) is 4. The second-order valence-corrected chi connectivity index (χ2v) is 8.15. The molecule has 6 heteroatoms. The zero-order valence-corrected chi connectivity index (χ0v) is 18.0. The van der Waals surface area contributed by atoms with Crippen molar-refractivity contribution in [2.45, 2.75) is 52.6 Å². The van der Waals surface area contributed by atoms with Crippen LogP contribution in [0.5, 0.6) is 28.7 Å². The highest BCUT2D eigenvalue weighted by Gasteiger charge is 2.34. The van der Waals surface area contributed by atoms with Gasteiger partial charge in [-0.05, 0) is 52.2 Å². The number of ketones is 1. The van der Waals surface area contributed by atoms with Gasteiger partial charge in [0, 0.05) is 23.3 Å². The quantitative estimate of drug-likeness (QED) is 0.459. The summed E-state index contributed by atoms with van der Waals surface area (Å²) < 4.78 is 6.03. The van der Waals surface area contributed by atoms with Crippen molar-refractivity contribution in [3.05, 3.63) is 64.3 Å². The lowest BCUT2D eigenvalue weighted by Gasteiger charge is -2.28. The Morgan fingerprint density at radius 1 is 1.03 bits per heavy atom. The van der Waals surface area contributed by atoms with Crippen molar-refractivity contribution in [2.24, 2.45) is 0 Å². The molecule has 0 saturated carbocycles. The maximum absolute atomic E-state index is 12.8. The fourth-order valence-corrected chi connectivity index (χ4v) is 3.67. The van der Waals surface area contributed by atoms with Crippen LogP contribution in [0.15, 0.2) is 47.6 Å². The molecule has 0 amide bonds. The molecule has 1 heterocycles. The van der Waals surface area contributed by atoms with Gasteiger partial charge in [-0.2, -0.15) is 0 Å². The second-order valence-electron chi connectivity index (χ2n) is 8.15. The normalized spacial score (nSPS) is 15.9. The predicted octanol–water partition coefficient (Wildman–Crippen LogP) is 5.45. The molecule has 0 spiro atoms. The van der Waals surface area contributed by atoms with E-state index in [4.69, 9.17) is 4.74 Å². The molecular formula is C25H28O6. The molecule has 0 aliphatic carbocycles. The zero-order valence-electron chi connectivity index (χ0n) is 18.0. The lowest BCUT2D eigenvalue weighted by atomic mass is 9.91. The van der Waals surface area contributed by atoms with E-state index in [1.807, 2.05) is 13.0 Å². The Labute approximate surface area is 181 Å². The van der Waals surface area contributed by atoms with Crippen LogP contribution in [0, 0.1) is 0 Å². The standard InChI is InChI=1S/C25H28O6/c1-14(2)5-4-6-15(3)7-9-18-20(28)12-21(29)24-22(30)13-23(31-25(18)24)17-10-8-16(26)11-19(17)27/h5,7-8,10-12,23,26-29H,4,6,9,13H2,1-3H3/b15-7+. The lowest BCUT2D eigenvalue weighted by molar-refractivity contribution is 0.0839. The van der Waals surface area contributed by atoms with Crippen molar-refractivity contribution >= 4 is 5.78 Å². The van der Waals surface area contributed by atoms with Gasteiger partial charge >= 0.3 is 0 Å². The molecule has 0 bridgehead atoms. The van der Waals surface area contributed by atoms with E-state index in [0.717, 1.165) is 18.4 Å². The van der Waals surface area contributed by atoms with E-state index < -0.39 is 6.10 Å². The van der Waals surface area contributed by atoms with E-state index >= 15 is 0 Å². The monoisotopic (exact) mass is 424 g/mol. The van der Waals surface area contributed by atoms with E-state index in [2.05, 4.69) is 19.9 Å². The number of carbonyl (C=O) groups is 1. The number of ether oxygens (including phenoxy) is 1. The Morgan fingerprint density at radius 3 is 2.45 bits per heavy atom. The molecular weight excluding hydrogens is 396 g/mol. The molecule has 0 radical (unpaired) electrons. The fraction of sp³-hybridized carbons (Fsp3) is 0.320. The number of benzene rings is 2. The number of rotatable bonds is 6. The summed E-state index contributed by atoms with van der Waals surface area (Å²) in [6, 6.07) is 5.24. The second kappa shape index (κ2) is 9.16. The van der Waals surface area contributed by atoms with Crippen molar-refractivity contribution in [2.75, 3.05) is 0 Å². The minimum Gasteiger partial charge on any atom is -0.508 e. The first-order chi connectivity index (χ1) is 14.7. The molecule has 6 nitrogen and oxygen atoms in total. The zero-order chi connectivity index (χ0) is 22.7. The average molecular weight is 424 g/mol. The predicted molar refractivity (Wildman–Crippen MR) is 118 cm³/mol. The van der Waals surface area contributed by atoms with Crippen LogP contribution in [0.2, 0.25) is 0 Å². The molecule has 0 fully saturated rings. The summed E-state index contributed by atoms with van der Waals surface area (Å²) in [6.45, 7) is 6.11. The van der Waals surface area contributed by atoms with Gasteiger partial charge in [-0.15, -0.1) is 0 Å². The molecule has 4 N–H and O–H groups in total. The molecule has 1 aliphatic heterocycles. The number of allylic oxidation sites excluding steroid dienone is 4. The first kappa shape index (κ1) is 22.3. The van der Waals surface area contributed by atoms with Gasteiger partial charge < -0.3 is 25.2 Å². The molecule has 31 heavy (non-hydrogen) atoms. The average Bonchev–Trinajstić information content (AvgIpc) is 2.66. The number of phenolic OH excluding ortho intramolecular Hbond substituents is 4. The van der Waals surface area contributed by atoms with Gasteiger partial charge in [0.05, 0.1) is 6.42 Å². The van der Waals surface area contributed by atoms with Crippen molar-refractivity contribution in [3.8, 4) is 28.7 Å². The highest BCUT2D eigenvalue weighted by atomic mass is 16.5. The molecule has 164 valence electrons. The molecule has 0 aromatic heterocycles. The third kappa shape index (κ3) is 5.02. The van der Waals surface area contributed by atoms with Crippen LogP contribution < -0.4 is 4.74 Å².